The molecule has 1 atom stereocenters. The first kappa shape index (κ1) is 17.0. The van der Waals surface area contributed by atoms with Crippen LogP contribution in [-0.2, 0) is 9.59 Å². The second kappa shape index (κ2) is 6.08. The molecule has 7 heteroatoms. The molecule has 0 aliphatic carbocycles. The third-order valence-electron chi connectivity index (χ3n) is 4.99. The highest BCUT2D eigenvalue weighted by Gasteiger charge is 2.59. The van der Waals surface area contributed by atoms with E-state index in [-0.39, 0.29) is 30.6 Å². The number of benzene rings is 2. The summed E-state index contributed by atoms with van der Waals surface area (Å²) >= 11 is 2.17. The number of fused-ring (bicyclic) bond motifs is 3. The number of likely N-dealkylation sites (N-methyl/N-ethyl adjacent to an activating group) is 1. The second-order valence-electron chi connectivity index (χ2n) is 6.39. The molecule has 3 amide bonds. The van der Waals surface area contributed by atoms with Crippen molar-refractivity contribution < 1.29 is 14.4 Å². The average Bonchev–Trinajstić information content (AvgIpc) is 2.98. The minimum absolute atomic E-state index is 0.158. The van der Waals surface area contributed by atoms with Crippen molar-refractivity contribution in [3.8, 4) is 0 Å². The first-order valence-electron chi connectivity index (χ1n) is 8.22. The summed E-state index contributed by atoms with van der Waals surface area (Å²) in [5.41, 5.74) is 0.221. The molecule has 0 bridgehead atoms. The van der Waals surface area contributed by atoms with Crippen molar-refractivity contribution in [3.63, 3.8) is 0 Å². The Morgan fingerprint density at radius 1 is 1.15 bits per heavy atom. The van der Waals surface area contributed by atoms with Gasteiger partial charge in [-0.1, -0.05) is 18.2 Å². The van der Waals surface area contributed by atoms with Gasteiger partial charge in [-0.2, -0.15) is 0 Å². The third-order valence-corrected chi connectivity index (χ3v) is 5.66. The molecule has 0 spiro atoms. The lowest BCUT2D eigenvalue weighted by Crippen LogP contribution is -2.68. The molecule has 0 radical (unpaired) electrons. The van der Waals surface area contributed by atoms with Gasteiger partial charge < -0.3 is 10.2 Å². The Morgan fingerprint density at radius 3 is 2.69 bits per heavy atom. The van der Waals surface area contributed by atoms with Crippen LogP contribution in [0.1, 0.15) is 23.2 Å². The van der Waals surface area contributed by atoms with Crippen molar-refractivity contribution in [2.75, 3.05) is 17.3 Å². The van der Waals surface area contributed by atoms with Gasteiger partial charge in [-0.3, -0.25) is 19.3 Å². The number of nitrogens with zero attached hydrogens (tertiary/aromatic N) is 2. The van der Waals surface area contributed by atoms with E-state index in [9.17, 15) is 14.4 Å². The van der Waals surface area contributed by atoms with Gasteiger partial charge in [-0.15, -0.1) is 0 Å². The van der Waals surface area contributed by atoms with Gasteiger partial charge in [0, 0.05) is 29.1 Å². The van der Waals surface area contributed by atoms with Crippen LogP contribution in [0.15, 0.2) is 48.5 Å². The molecular weight excluding hydrogens is 445 g/mol. The maximum Gasteiger partial charge on any atom is 0.271 e. The molecule has 2 heterocycles. The number of rotatable bonds is 2. The molecule has 2 aromatic carbocycles. The summed E-state index contributed by atoms with van der Waals surface area (Å²) in [5.74, 6) is -0.797. The van der Waals surface area contributed by atoms with Crippen LogP contribution >= 0.6 is 22.6 Å². The average molecular weight is 461 g/mol. The van der Waals surface area contributed by atoms with Crippen molar-refractivity contribution >= 4 is 51.7 Å². The minimum atomic E-state index is -1.34. The Kier molecular flexibility index (Phi) is 3.98. The van der Waals surface area contributed by atoms with Crippen molar-refractivity contribution in [2.24, 2.45) is 0 Å². The van der Waals surface area contributed by atoms with E-state index in [4.69, 9.17) is 0 Å². The number of para-hydroxylation sites is 1. The van der Waals surface area contributed by atoms with Crippen LogP contribution in [0.25, 0.3) is 0 Å². The quantitative estimate of drug-likeness (QED) is 0.700. The second-order valence-corrected chi connectivity index (χ2v) is 7.64. The molecule has 1 fully saturated rings. The van der Waals surface area contributed by atoms with E-state index in [0.717, 1.165) is 3.57 Å². The maximum atomic E-state index is 13.3. The fourth-order valence-electron chi connectivity index (χ4n) is 3.73. The monoisotopic (exact) mass is 461 g/mol. The first-order valence-corrected chi connectivity index (χ1v) is 9.30. The smallest absolute Gasteiger partial charge is 0.271 e. The van der Waals surface area contributed by atoms with Gasteiger partial charge in [0.2, 0.25) is 11.6 Å². The number of halogens is 1. The van der Waals surface area contributed by atoms with E-state index < -0.39 is 5.66 Å². The zero-order valence-corrected chi connectivity index (χ0v) is 16.2. The molecule has 4 rings (SSSR count). The molecule has 2 aromatic rings. The number of anilines is 2. The number of hydrogen-bond acceptors (Lipinski definition) is 3. The van der Waals surface area contributed by atoms with Crippen LogP contribution in [0.3, 0.4) is 0 Å². The maximum absolute atomic E-state index is 13.3. The highest BCUT2D eigenvalue weighted by molar-refractivity contribution is 14.1. The topological polar surface area (TPSA) is 69.7 Å². The molecule has 6 nitrogen and oxygen atoms in total. The molecule has 26 heavy (non-hydrogen) atoms. The third kappa shape index (κ3) is 2.33. The summed E-state index contributed by atoms with van der Waals surface area (Å²) in [5, 5.41) is 2.89. The Balaban J connectivity index is 1.81. The van der Waals surface area contributed by atoms with Crippen molar-refractivity contribution in [1.82, 2.24) is 4.90 Å². The van der Waals surface area contributed by atoms with Crippen molar-refractivity contribution in [1.29, 1.82) is 0 Å². The lowest BCUT2D eigenvalue weighted by molar-refractivity contribution is -0.128. The molecule has 132 valence electrons. The lowest BCUT2D eigenvalue weighted by atomic mass is 9.96. The summed E-state index contributed by atoms with van der Waals surface area (Å²) in [6.07, 6.45) is 0.476. The van der Waals surface area contributed by atoms with E-state index in [1.807, 2.05) is 18.2 Å². The Bertz CT molecular complexity index is 945. The standard InChI is InChI=1S/C19H16IN3O3/c1-22-17(25)14-7-2-3-8-15(14)23-16(24)9-10-19(22,23)18(26)21-13-6-4-5-12(20)11-13/h2-8,11H,9-10H2,1H3,(H,21,26)/t19-/m0/s1. The number of amides is 3. The van der Waals surface area contributed by atoms with Gasteiger partial charge in [0.15, 0.2) is 0 Å². The summed E-state index contributed by atoms with van der Waals surface area (Å²) in [6.45, 7) is 0. The summed E-state index contributed by atoms with van der Waals surface area (Å²) < 4.78 is 0.982. The van der Waals surface area contributed by atoms with Crippen molar-refractivity contribution in [3.05, 3.63) is 57.7 Å². The highest BCUT2D eigenvalue weighted by Crippen LogP contribution is 2.44. The van der Waals surface area contributed by atoms with Gasteiger partial charge in [0.05, 0.1) is 11.3 Å². The van der Waals surface area contributed by atoms with Gasteiger partial charge >= 0.3 is 0 Å². The van der Waals surface area contributed by atoms with E-state index in [1.54, 1.807) is 37.4 Å². The van der Waals surface area contributed by atoms with Gasteiger partial charge in [0.25, 0.3) is 11.8 Å². The normalized spacial score (nSPS) is 21.5. The van der Waals surface area contributed by atoms with E-state index in [0.29, 0.717) is 16.9 Å². The highest BCUT2D eigenvalue weighted by atomic mass is 127. The van der Waals surface area contributed by atoms with Crippen LogP contribution in [-0.4, -0.2) is 35.3 Å². The zero-order valence-electron chi connectivity index (χ0n) is 14.0. The molecule has 0 saturated carbocycles. The van der Waals surface area contributed by atoms with Crippen LogP contribution in [0.2, 0.25) is 0 Å². The van der Waals surface area contributed by atoms with Crippen LogP contribution < -0.4 is 10.2 Å². The van der Waals surface area contributed by atoms with E-state index in [1.165, 1.54) is 9.80 Å². The molecule has 2 aliphatic rings. The lowest BCUT2D eigenvalue weighted by Gasteiger charge is -2.47. The fraction of sp³-hybridized carbons (Fsp3) is 0.211. The Hall–Kier alpha value is -2.42. The minimum Gasteiger partial charge on any atom is -0.322 e. The largest absolute Gasteiger partial charge is 0.322 e. The predicted octanol–water partition coefficient (Wildman–Crippen LogP) is 2.84. The van der Waals surface area contributed by atoms with Gasteiger partial charge in [-0.05, 0) is 52.9 Å². The van der Waals surface area contributed by atoms with Gasteiger partial charge in [0.1, 0.15) is 0 Å². The number of hydrogen-bond donors (Lipinski definition) is 1. The molecular formula is C19H16IN3O3. The van der Waals surface area contributed by atoms with Crippen LogP contribution in [0, 0.1) is 3.57 Å². The zero-order chi connectivity index (χ0) is 18.5. The van der Waals surface area contributed by atoms with Crippen LogP contribution in [0.4, 0.5) is 11.4 Å². The SMILES string of the molecule is CN1C(=O)c2ccccc2N2C(=O)CC[C@]12C(=O)Nc1cccc(I)c1. The first-order chi connectivity index (χ1) is 12.4. The number of nitrogens with one attached hydrogen (secondary N) is 1. The summed E-state index contributed by atoms with van der Waals surface area (Å²) in [4.78, 5) is 41.7. The predicted molar refractivity (Wildman–Crippen MR) is 106 cm³/mol. The number of carbonyl (C=O) groups excluding carboxylic acids is 3. The molecule has 0 unspecified atom stereocenters. The van der Waals surface area contributed by atoms with E-state index in [2.05, 4.69) is 27.9 Å². The van der Waals surface area contributed by atoms with E-state index >= 15 is 0 Å². The van der Waals surface area contributed by atoms with Crippen LogP contribution in [0.5, 0.6) is 0 Å². The Morgan fingerprint density at radius 2 is 1.92 bits per heavy atom. The number of carbonyl (C=O) groups is 3. The fourth-order valence-corrected chi connectivity index (χ4v) is 4.27. The summed E-state index contributed by atoms with van der Waals surface area (Å²) in [6, 6.07) is 14.3. The molecule has 2 aliphatic heterocycles. The Labute approximate surface area is 164 Å². The molecule has 1 N–H and O–H groups in total. The van der Waals surface area contributed by atoms with Gasteiger partial charge in [-0.25, -0.2) is 0 Å². The molecule has 0 aromatic heterocycles. The van der Waals surface area contributed by atoms with Crippen molar-refractivity contribution in [2.45, 2.75) is 18.5 Å². The molecule has 1 saturated heterocycles. The summed E-state index contributed by atoms with van der Waals surface area (Å²) in [7, 11) is 1.58.